The smallest absolute Gasteiger partial charge is 0.223 e. The van der Waals surface area contributed by atoms with Crippen LogP contribution in [0.1, 0.15) is 38.3 Å². The normalized spacial score (nSPS) is 15.4. The standard InChI is InChI=1S/C17H27NO2/c1-5-13(3)16(19)11-18-17(20)14(4)10-15-8-6-12(2)7-9-15/h6-9,13-14,16,19H,5,10-11H2,1-4H3,(H,18,20). The summed E-state index contributed by atoms with van der Waals surface area (Å²) in [6.07, 6.45) is 1.18. The topological polar surface area (TPSA) is 49.3 Å². The Kier molecular flexibility index (Phi) is 6.73. The van der Waals surface area contributed by atoms with E-state index in [1.807, 2.05) is 20.8 Å². The van der Waals surface area contributed by atoms with Crippen LogP contribution in [0.25, 0.3) is 0 Å². The Hall–Kier alpha value is -1.35. The average Bonchev–Trinajstić information content (AvgIpc) is 2.45. The van der Waals surface area contributed by atoms with Crippen LogP contribution in [0, 0.1) is 18.8 Å². The first kappa shape index (κ1) is 16.7. The fourth-order valence-corrected chi connectivity index (χ4v) is 2.02. The van der Waals surface area contributed by atoms with Gasteiger partial charge in [-0.05, 0) is 24.8 Å². The lowest BCUT2D eigenvalue weighted by Crippen LogP contribution is -2.38. The maximum atomic E-state index is 12.0. The summed E-state index contributed by atoms with van der Waals surface area (Å²) in [6, 6.07) is 8.25. The van der Waals surface area contributed by atoms with Crippen LogP contribution < -0.4 is 5.32 Å². The summed E-state index contributed by atoms with van der Waals surface area (Å²) in [4.78, 5) is 12.0. The summed E-state index contributed by atoms with van der Waals surface area (Å²) in [5.41, 5.74) is 2.39. The first-order valence-electron chi connectivity index (χ1n) is 7.45. The molecule has 0 aliphatic rings. The van der Waals surface area contributed by atoms with E-state index in [0.29, 0.717) is 6.54 Å². The van der Waals surface area contributed by atoms with Gasteiger partial charge in [-0.25, -0.2) is 0 Å². The molecule has 0 saturated carbocycles. The second-order valence-electron chi connectivity index (χ2n) is 5.79. The van der Waals surface area contributed by atoms with Gasteiger partial charge in [0.25, 0.3) is 0 Å². The zero-order valence-electron chi connectivity index (χ0n) is 13.0. The maximum absolute atomic E-state index is 12.0. The summed E-state index contributed by atoms with van der Waals surface area (Å²) in [5, 5.41) is 12.7. The largest absolute Gasteiger partial charge is 0.391 e. The molecule has 3 atom stereocenters. The van der Waals surface area contributed by atoms with E-state index in [9.17, 15) is 9.90 Å². The van der Waals surface area contributed by atoms with Crippen LogP contribution >= 0.6 is 0 Å². The van der Waals surface area contributed by atoms with Crippen molar-refractivity contribution in [3.05, 3.63) is 35.4 Å². The SMILES string of the molecule is CCC(C)C(O)CNC(=O)C(C)Cc1ccc(C)cc1. The third-order valence-corrected chi connectivity index (χ3v) is 3.90. The lowest BCUT2D eigenvalue weighted by atomic mass is 9.98. The molecule has 0 heterocycles. The van der Waals surface area contributed by atoms with Gasteiger partial charge in [0.15, 0.2) is 0 Å². The predicted molar refractivity (Wildman–Crippen MR) is 82.5 cm³/mol. The Morgan fingerprint density at radius 1 is 1.25 bits per heavy atom. The third kappa shape index (κ3) is 5.33. The van der Waals surface area contributed by atoms with Gasteiger partial charge in [0.2, 0.25) is 5.91 Å². The minimum absolute atomic E-state index is 0.00734. The van der Waals surface area contributed by atoms with Gasteiger partial charge in [0.1, 0.15) is 0 Å². The monoisotopic (exact) mass is 277 g/mol. The predicted octanol–water partition coefficient (Wildman–Crippen LogP) is 2.70. The summed E-state index contributed by atoms with van der Waals surface area (Å²) in [6.45, 7) is 8.34. The van der Waals surface area contributed by atoms with Gasteiger partial charge in [-0.3, -0.25) is 4.79 Å². The molecule has 3 unspecified atom stereocenters. The highest BCUT2D eigenvalue weighted by atomic mass is 16.3. The molecule has 0 bridgehead atoms. The van der Waals surface area contributed by atoms with Gasteiger partial charge in [0, 0.05) is 12.5 Å². The maximum Gasteiger partial charge on any atom is 0.223 e. The number of aliphatic hydroxyl groups is 1. The van der Waals surface area contributed by atoms with Gasteiger partial charge in [-0.15, -0.1) is 0 Å². The fraction of sp³-hybridized carbons (Fsp3) is 0.588. The van der Waals surface area contributed by atoms with E-state index in [0.717, 1.165) is 12.8 Å². The molecular weight excluding hydrogens is 250 g/mol. The molecule has 0 aliphatic heterocycles. The Morgan fingerprint density at radius 2 is 1.85 bits per heavy atom. The molecule has 0 fully saturated rings. The van der Waals surface area contributed by atoms with E-state index in [1.54, 1.807) is 0 Å². The van der Waals surface area contributed by atoms with E-state index in [4.69, 9.17) is 0 Å². The quantitative estimate of drug-likeness (QED) is 0.805. The highest BCUT2D eigenvalue weighted by Crippen LogP contribution is 2.11. The summed E-state index contributed by atoms with van der Waals surface area (Å²) in [7, 11) is 0. The number of aliphatic hydroxyl groups excluding tert-OH is 1. The molecule has 1 rings (SSSR count). The second-order valence-corrected chi connectivity index (χ2v) is 5.79. The Morgan fingerprint density at radius 3 is 2.40 bits per heavy atom. The number of rotatable bonds is 7. The number of hydrogen-bond donors (Lipinski definition) is 2. The summed E-state index contributed by atoms with van der Waals surface area (Å²) in [5.74, 6) is 0.137. The van der Waals surface area contributed by atoms with Crippen molar-refractivity contribution in [1.29, 1.82) is 0 Å². The van der Waals surface area contributed by atoms with Gasteiger partial charge in [0.05, 0.1) is 6.10 Å². The number of benzene rings is 1. The van der Waals surface area contributed by atoms with Gasteiger partial charge in [-0.1, -0.05) is 57.0 Å². The van der Waals surface area contributed by atoms with Crippen LogP contribution in [0.2, 0.25) is 0 Å². The van der Waals surface area contributed by atoms with Crippen molar-refractivity contribution >= 4 is 5.91 Å². The van der Waals surface area contributed by atoms with Crippen molar-refractivity contribution in [1.82, 2.24) is 5.32 Å². The van der Waals surface area contributed by atoms with Gasteiger partial charge >= 0.3 is 0 Å². The first-order valence-corrected chi connectivity index (χ1v) is 7.45. The second kappa shape index (κ2) is 8.05. The molecule has 3 nitrogen and oxygen atoms in total. The molecule has 0 radical (unpaired) electrons. The van der Waals surface area contributed by atoms with Gasteiger partial charge in [-0.2, -0.15) is 0 Å². The zero-order chi connectivity index (χ0) is 15.1. The van der Waals surface area contributed by atoms with Crippen LogP contribution in [0.5, 0.6) is 0 Å². The minimum Gasteiger partial charge on any atom is -0.391 e. The number of carbonyl (C=O) groups is 1. The number of amides is 1. The molecule has 112 valence electrons. The van der Waals surface area contributed by atoms with Crippen molar-refractivity contribution in [2.75, 3.05) is 6.54 Å². The van der Waals surface area contributed by atoms with Crippen LogP contribution in [0.3, 0.4) is 0 Å². The highest BCUT2D eigenvalue weighted by Gasteiger charge is 2.17. The Labute approximate surface area is 122 Å². The van der Waals surface area contributed by atoms with Crippen LogP contribution in [0.15, 0.2) is 24.3 Å². The van der Waals surface area contributed by atoms with Crippen LogP contribution in [-0.2, 0) is 11.2 Å². The minimum atomic E-state index is -0.462. The van der Waals surface area contributed by atoms with Crippen LogP contribution in [0.4, 0.5) is 0 Å². The summed E-state index contributed by atoms with van der Waals surface area (Å²) < 4.78 is 0. The molecule has 0 spiro atoms. The highest BCUT2D eigenvalue weighted by molar-refractivity contribution is 5.78. The van der Waals surface area contributed by atoms with Gasteiger partial charge < -0.3 is 10.4 Å². The molecule has 1 aromatic rings. The van der Waals surface area contributed by atoms with Crippen molar-refractivity contribution in [3.63, 3.8) is 0 Å². The van der Waals surface area contributed by atoms with E-state index in [2.05, 4.69) is 36.5 Å². The number of nitrogens with one attached hydrogen (secondary N) is 1. The molecule has 3 heteroatoms. The van der Waals surface area contributed by atoms with Crippen molar-refractivity contribution in [2.45, 2.75) is 46.6 Å². The molecular formula is C17H27NO2. The molecule has 1 amide bonds. The molecule has 20 heavy (non-hydrogen) atoms. The summed E-state index contributed by atoms with van der Waals surface area (Å²) >= 11 is 0. The molecule has 2 N–H and O–H groups in total. The Bertz CT molecular complexity index is 414. The lowest BCUT2D eigenvalue weighted by Gasteiger charge is -2.19. The van der Waals surface area contributed by atoms with Crippen LogP contribution in [-0.4, -0.2) is 23.7 Å². The third-order valence-electron chi connectivity index (χ3n) is 3.90. The average molecular weight is 277 g/mol. The molecule has 0 aliphatic carbocycles. The van der Waals surface area contributed by atoms with Crippen molar-refractivity contribution in [2.24, 2.45) is 11.8 Å². The zero-order valence-corrected chi connectivity index (χ0v) is 13.0. The van der Waals surface area contributed by atoms with Crippen molar-refractivity contribution < 1.29 is 9.90 Å². The molecule has 1 aromatic carbocycles. The first-order chi connectivity index (χ1) is 9.43. The van der Waals surface area contributed by atoms with Crippen molar-refractivity contribution in [3.8, 4) is 0 Å². The number of carbonyl (C=O) groups excluding carboxylic acids is 1. The lowest BCUT2D eigenvalue weighted by molar-refractivity contribution is -0.125. The van der Waals surface area contributed by atoms with E-state index < -0.39 is 6.10 Å². The Balaban J connectivity index is 2.41. The van der Waals surface area contributed by atoms with E-state index in [1.165, 1.54) is 11.1 Å². The van der Waals surface area contributed by atoms with E-state index in [-0.39, 0.29) is 17.7 Å². The fourth-order valence-electron chi connectivity index (χ4n) is 2.02. The number of aryl methyl sites for hydroxylation is 1. The van der Waals surface area contributed by atoms with E-state index >= 15 is 0 Å². The molecule has 0 saturated heterocycles. The number of hydrogen-bond acceptors (Lipinski definition) is 2. The molecule has 0 aromatic heterocycles.